The van der Waals surface area contributed by atoms with Gasteiger partial charge in [0.2, 0.25) is 0 Å². The number of benzene rings is 1. The summed E-state index contributed by atoms with van der Waals surface area (Å²) < 4.78 is 0. The number of carbonyl (C=O) groups is 1. The summed E-state index contributed by atoms with van der Waals surface area (Å²) in [6, 6.07) is 7.37. The average molecular weight is 320 g/mol. The number of Topliss-reactive ketones (excluding diaryl/α,β-unsaturated/α-hetero) is 1. The van der Waals surface area contributed by atoms with Crippen molar-refractivity contribution in [3.05, 3.63) is 34.9 Å². The van der Waals surface area contributed by atoms with Crippen LogP contribution in [-0.2, 0) is 0 Å². The molecule has 1 aromatic rings. The number of halogens is 1. The van der Waals surface area contributed by atoms with E-state index in [2.05, 4.69) is 5.32 Å². The molecule has 0 bridgehead atoms. The number of ketones is 1. The molecule has 2 nitrogen and oxygen atoms in total. The van der Waals surface area contributed by atoms with Gasteiger partial charge in [0.25, 0.3) is 0 Å². The molecule has 0 atom stereocenters. The van der Waals surface area contributed by atoms with Crippen LogP contribution in [-0.4, -0.2) is 18.9 Å². The lowest BCUT2D eigenvalue weighted by Gasteiger charge is -2.32. The summed E-state index contributed by atoms with van der Waals surface area (Å²) in [4.78, 5) is 12.6. The summed E-state index contributed by atoms with van der Waals surface area (Å²) in [5.74, 6) is 2.30. The van der Waals surface area contributed by atoms with E-state index in [1.54, 1.807) is 0 Å². The van der Waals surface area contributed by atoms with Crippen LogP contribution in [0.5, 0.6) is 0 Å². The fourth-order valence-electron chi connectivity index (χ4n) is 4.10. The fourth-order valence-corrected chi connectivity index (χ4v) is 4.23. The van der Waals surface area contributed by atoms with Crippen molar-refractivity contribution in [1.29, 1.82) is 0 Å². The monoisotopic (exact) mass is 319 g/mol. The van der Waals surface area contributed by atoms with E-state index in [0.717, 1.165) is 30.2 Å². The van der Waals surface area contributed by atoms with Crippen LogP contribution in [0.15, 0.2) is 24.3 Å². The molecule has 0 amide bonds. The summed E-state index contributed by atoms with van der Waals surface area (Å²) in [6.07, 6.45) is 8.65. The van der Waals surface area contributed by atoms with Crippen molar-refractivity contribution in [3.63, 3.8) is 0 Å². The molecule has 3 heteroatoms. The third-order valence-electron chi connectivity index (χ3n) is 5.47. The van der Waals surface area contributed by atoms with Crippen molar-refractivity contribution in [2.24, 2.45) is 17.8 Å². The maximum Gasteiger partial charge on any atom is 0.165 e. The Labute approximate surface area is 138 Å². The molecule has 0 unspecified atom stereocenters. The van der Waals surface area contributed by atoms with Gasteiger partial charge in [0.1, 0.15) is 0 Å². The third kappa shape index (κ3) is 4.11. The predicted octanol–water partition coefficient (Wildman–Crippen LogP) is 4.72. The average Bonchev–Trinajstić information content (AvgIpc) is 2.57. The quantitative estimate of drug-likeness (QED) is 0.814. The lowest BCUT2D eigenvalue weighted by molar-refractivity contribution is 0.0863. The zero-order chi connectivity index (χ0) is 15.4. The van der Waals surface area contributed by atoms with Gasteiger partial charge in [-0.2, -0.15) is 0 Å². The van der Waals surface area contributed by atoms with Crippen molar-refractivity contribution >= 4 is 17.4 Å². The molecule has 1 aliphatic carbocycles. The molecule has 0 spiro atoms. The minimum Gasteiger partial charge on any atom is -0.317 e. The fraction of sp³-hybridized carbons (Fsp3) is 0.632. The van der Waals surface area contributed by atoms with Gasteiger partial charge in [-0.05, 0) is 94.1 Å². The van der Waals surface area contributed by atoms with E-state index in [9.17, 15) is 4.79 Å². The highest BCUT2D eigenvalue weighted by molar-refractivity contribution is 6.30. The first-order chi connectivity index (χ1) is 10.7. The van der Waals surface area contributed by atoms with Gasteiger partial charge < -0.3 is 5.32 Å². The van der Waals surface area contributed by atoms with Crippen LogP contribution < -0.4 is 5.32 Å². The first kappa shape index (κ1) is 16.0. The zero-order valence-corrected chi connectivity index (χ0v) is 13.9. The smallest absolute Gasteiger partial charge is 0.165 e. The predicted molar refractivity (Wildman–Crippen MR) is 91.4 cm³/mol. The number of carbonyl (C=O) groups excluding carboxylic acids is 1. The largest absolute Gasteiger partial charge is 0.317 e. The molecule has 0 radical (unpaired) electrons. The van der Waals surface area contributed by atoms with Crippen molar-refractivity contribution in [2.45, 2.75) is 44.9 Å². The molecule has 1 aromatic carbocycles. The maximum atomic E-state index is 12.6. The third-order valence-corrected chi connectivity index (χ3v) is 5.72. The Balaban J connectivity index is 1.48. The Hall–Kier alpha value is -0.860. The number of hydrogen-bond acceptors (Lipinski definition) is 2. The molecule has 1 saturated carbocycles. The second-order valence-electron chi connectivity index (χ2n) is 7.02. The molecular formula is C19H26ClNO. The molecular weight excluding hydrogens is 294 g/mol. The number of piperidine rings is 1. The van der Waals surface area contributed by atoms with Crippen molar-refractivity contribution in [1.82, 2.24) is 5.32 Å². The van der Waals surface area contributed by atoms with E-state index < -0.39 is 0 Å². The van der Waals surface area contributed by atoms with Gasteiger partial charge in [0.15, 0.2) is 5.78 Å². The molecule has 1 saturated heterocycles. The normalized spacial score (nSPS) is 26.8. The van der Waals surface area contributed by atoms with Crippen LogP contribution >= 0.6 is 11.6 Å². The molecule has 1 aliphatic heterocycles. The molecule has 3 rings (SSSR count). The van der Waals surface area contributed by atoms with E-state index in [0.29, 0.717) is 10.8 Å². The molecule has 1 N–H and O–H groups in total. The summed E-state index contributed by atoms with van der Waals surface area (Å²) in [6.45, 7) is 2.38. The topological polar surface area (TPSA) is 29.1 Å². The molecule has 120 valence electrons. The van der Waals surface area contributed by atoms with Gasteiger partial charge in [0.05, 0.1) is 0 Å². The minimum absolute atomic E-state index is 0.227. The van der Waals surface area contributed by atoms with E-state index in [1.165, 1.54) is 45.2 Å². The number of rotatable bonds is 4. The van der Waals surface area contributed by atoms with Crippen LogP contribution in [0, 0.1) is 17.8 Å². The lowest BCUT2D eigenvalue weighted by atomic mass is 9.74. The highest BCUT2D eigenvalue weighted by Crippen LogP contribution is 2.36. The van der Waals surface area contributed by atoms with Crippen LogP contribution in [0.3, 0.4) is 0 Å². The van der Waals surface area contributed by atoms with Gasteiger partial charge >= 0.3 is 0 Å². The minimum atomic E-state index is 0.227. The highest BCUT2D eigenvalue weighted by Gasteiger charge is 2.28. The number of nitrogens with one attached hydrogen (secondary N) is 1. The maximum absolute atomic E-state index is 12.6. The van der Waals surface area contributed by atoms with Crippen LogP contribution in [0.25, 0.3) is 0 Å². The van der Waals surface area contributed by atoms with Gasteiger partial charge in [-0.1, -0.05) is 11.6 Å². The summed E-state index contributed by atoms with van der Waals surface area (Å²) in [5.41, 5.74) is 0.825. The van der Waals surface area contributed by atoms with E-state index in [1.807, 2.05) is 24.3 Å². The Morgan fingerprint density at radius 2 is 1.55 bits per heavy atom. The number of hydrogen-bond donors (Lipinski definition) is 1. The Kier molecular flexibility index (Phi) is 5.54. The van der Waals surface area contributed by atoms with Crippen LogP contribution in [0.2, 0.25) is 5.02 Å². The summed E-state index contributed by atoms with van der Waals surface area (Å²) >= 11 is 5.90. The lowest BCUT2D eigenvalue weighted by Crippen LogP contribution is -2.30. The van der Waals surface area contributed by atoms with Gasteiger partial charge in [-0.15, -0.1) is 0 Å². The van der Waals surface area contributed by atoms with Crippen molar-refractivity contribution in [2.75, 3.05) is 13.1 Å². The van der Waals surface area contributed by atoms with Gasteiger partial charge in [-0.3, -0.25) is 4.79 Å². The zero-order valence-electron chi connectivity index (χ0n) is 13.2. The second-order valence-corrected chi connectivity index (χ2v) is 7.45. The molecule has 22 heavy (non-hydrogen) atoms. The van der Waals surface area contributed by atoms with Crippen LogP contribution in [0.4, 0.5) is 0 Å². The standard InChI is InChI=1S/C19H26ClNO/c20-18-7-5-17(6-8-18)19(22)16-3-1-14(2-4-16)13-15-9-11-21-12-10-15/h5-8,14-16,21H,1-4,9-13H2. The summed E-state index contributed by atoms with van der Waals surface area (Å²) in [7, 11) is 0. The second kappa shape index (κ2) is 7.61. The molecule has 2 aliphatic rings. The molecule has 2 fully saturated rings. The van der Waals surface area contributed by atoms with E-state index >= 15 is 0 Å². The first-order valence-corrected chi connectivity index (χ1v) is 9.10. The van der Waals surface area contributed by atoms with Gasteiger partial charge in [-0.25, -0.2) is 0 Å². The van der Waals surface area contributed by atoms with Crippen LogP contribution in [0.1, 0.15) is 55.3 Å². The molecule has 0 aromatic heterocycles. The van der Waals surface area contributed by atoms with Crippen molar-refractivity contribution in [3.8, 4) is 0 Å². The highest BCUT2D eigenvalue weighted by atomic mass is 35.5. The summed E-state index contributed by atoms with van der Waals surface area (Å²) in [5, 5.41) is 4.14. The first-order valence-electron chi connectivity index (χ1n) is 8.73. The Morgan fingerprint density at radius 1 is 0.955 bits per heavy atom. The molecule has 1 heterocycles. The Morgan fingerprint density at radius 3 is 2.18 bits per heavy atom. The SMILES string of the molecule is O=C(c1ccc(Cl)cc1)C1CCC(CC2CCNCC2)CC1. The van der Waals surface area contributed by atoms with Gasteiger partial charge in [0, 0.05) is 16.5 Å². The van der Waals surface area contributed by atoms with E-state index in [4.69, 9.17) is 11.6 Å². The van der Waals surface area contributed by atoms with Crippen molar-refractivity contribution < 1.29 is 4.79 Å². The van der Waals surface area contributed by atoms with E-state index in [-0.39, 0.29) is 5.92 Å². The Bertz CT molecular complexity index is 485.